The van der Waals surface area contributed by atoms with E-state index in [9.17, 15) is 18.0 Å². The number of fused-ring (bicyclic) bond motifs is 1. The second-order valence-corrected chi connectivity index (χ2v) is 11.2. The number of anilines is 1. The van der Waals surface area contributed by atoms with E-state index in [1.165, 1.54) is 38.2 Å². The molecule has 1 aromatic heterocycles. The van der Waals surface area contributed by atoms with Crippen molar-refractivity contribution in [3.8, 4) is 0 Å². The predicted octanol–water partition coefficient (Wildman–Crippen LogP) is 2.69. The van der Waals surface area contributed by atoms with Crippen molar-refractivity contribution in [2.75, 3.05) is 38.2 Å². The number of amides is 1. The second kappa shape index (κ2) is 9.70. The van der Waals surface area contributed by atoms with Crippen LogP contribution in [0.4, 0.5) is 5.69 Å². The smallest absolute Gasteiger partial charge is 0.348 e. The van der Waals surface area contributed by atoms with Crippen LogP contribution in [0.3, 0.4) is 0 Å². The van der Waals surface area contributed by atoms with Gasteiger partial charge in [0.2, 0.25) is 10.0 Å². The first-order valence-corrected chi connectivity index (χ1v) is 12.8. The van der Waals surface area contributed by atoms with Gasteiger partial charge < -0.3 is 14.8 Å². The first-order valence-electron chi connectivity index (χ1n) is 10.6. The average Bonchev–Trinajstić information content (AvgIpc) is 3.21. The average molecular weight is 479 g/mol. The number of esters is 1. The summed E-state index contributed by atoms with van der Waals surface area (Å²) in [5.41, 5.74) is 1.52. The van der Waals surface area contributed by atoms with E-state index in [1.54, 1.807) is 12.1 Å². The lowest BCUT2D eigenvalue weighted by molar-refractivity contribution is -0.119. The molecular formula is C22H26N2O6S2. The molecule has 4 rings (SSSR count). The molecule has 2 heterocycles. The highest BCUT2D eigenvalue weighted by atomic mass is 32.2. The van der Waals surface area contributed by atoms with E-state index in [0.29, 0.717) is 42.8 Å². The first kappa shape index (κ1) is 22.9. The van der Waals surface area contributed by atoms with E-state index in [-0.39, 0.29) is 4.90 Å². The van der Waals surface area contributed by atoms with Crippen molar-refractivity contribution in [1.82, 2.24) is 4.31 Å². The van der Waals surface area contributed by atoms with E-state index in [2.05, 4.69) is 12.2 Å². The summed E-state index contributed by atoms with van der Waals surface area (Å²) in [6.45, 7) is 3.04. The fourth-order valence-electron chi connectivity index (χ4n) is 3.88. The van der Waals surface area contributed by atoms with Gasteiger partial charge in [-0.2, -0.15) is 4.31 Å². The number of carbonyl (C=O) groups is 2. The van der Waals surface area contributed by atoms with E-state index >= 15 is 0 Å². The summed E-state index contributed by atoms with van der Waals surface area (Å²) in [6, 6.07) is 7.91. The molecule has 1 saturated heterocycles. The molecule has 172 valence electrons. The molecule has 1 aliphatic carbocycles. The van der Waals surface area contributed by atoms with Crippen LogP contribution in [-0.2, 0) is 37.1 Å². The van der Waals surface area contributed by atoms with Crippen LogP contribution in [0.5, 0.6) is 0 Å². The minimum absolute atomic E-state index is 0.0904. The van der Waals surface area contributed by atoms with E-state index in [4.69, 9.17) is 9.47 Å². The molecule has 1 N–H and O–H groups in total. The molecule has 1 atom stereocenters. The van der Waals surface area contributed by atoms with Crippen LogP contribution in [0.25, 0.3) is 0 Å². The van der Waals surface area contributed by atoms with Gasteiger partial charge in [-0.15, -0.1) is 11.3 Å². The molecule has 1 unspecified atom stereocenters. The van der Waals surface area contributed by atoms with Gasteiger partial charge in [0.05, 0.1) is 18.1 Å². The number of sulfonamides is 1. The van der Waals surface area contributed by atoms with Crippen LogP contribution in [0.1, 0.15) is 33.5 Å². The van der Waals surface area contributed by atoms with Crippen LogP contribution in [-0.4, -0.2) is 57.5 Å². The van der Waals surface area contributed by atoms with Gasteiger partial charge in [0.1, 0.15) is 4.88 Å². The molecule has 1 fully saturated rings. The van der Waals surface area contributed by atoms with Crippen molar-refractivity contribution in [1.29, 1.82) is 0 Å². The third kappa shape index (κ3) is 5.20. The van der Waals surface area contributed by atoms with Gasteiger partial charge in [-0.05, 0) is 55.0 Å². The van der Waals surface area contributed by atoms with E-state index < -0.39 is 28.5 Å². The zero-order chi connectivity index (χ0) is 22.7. The highest BCUT2D eigenvalue weighted by Crippen LogP contribution is 2.32. The predicted molar refractivity (Wildman–Crippen MR) is 120 cm³/mol. The molecule has 1 amide bonds. The number of thiophene rings is 1. The molecule has 32 heavy (non-hydrogen) atoms. The van der Waals surface area contributed by atoms with E-state index in [1.807, 2.05) is 6.07 Å². The van der Waals surface area contributed by atoms with Gasteiger partial charge in [0.15, 0.2) is 6.61 Å². The molecule has 0 spiro atoms. The fourth-order valence-corrected chi connectivity index (χ4v) is 6.43. The van der Waals surface area contributed by atoms with Crippen LogP contribution < -0.4 is 5.32 Å². The minimum atomic E-state index is -3.67. The number of rotatable bonds is 6. The second-order valence-electron chi connectivity index (χ2n) is 8.08. The zero-order valence-corrected chi connectivity index (χ0v) is 19.5. The fraction of sp³-hybridized carbons (Fsp3) is 0.455. The molecule has 10 heteroatoms. The Morgan fingerprint density at radius 3 is 2.81 bits per heavy atom. The third-order valence-corrected chi connectivity index (χ3v) is 8.70. The van der Waals surface area contributed by atoms with Crippen molar-refractivity contribution >= 4 is 38.9 Å². The molecule has 2 aliphatic rings. The highest BCUT2D eigenvalue weighted by Gasteiger charge is 2.26. The summed E-state index contributed by atoms with van der Waals surface area (Å²) < 4.78 is 37.3. The van der Waals surface area contributed by atoms with Crippen LogP contribution >= 0.6 is 11.3 Å². The Balaban J connectivity index is 1.34. The molecule has 1 aliphatic heterocycles. The molecular weight excluding hydrogens is 452 g/mol. The maximum atomic E-state index is 12.8. The number of carbonyl (C=O) groups excluding carboxylic acids is 2. The zero-order valence-electron chi connectivity index (χ0n) is 17.8. The number of nitrogens with zero attached hydrogens (tertiary/aromatic N) is 1. The number of morpholine rings is 1. The van der Waals surface area contributed by atoms with Crippen molar-refractivity contribution in [3.63, 3.8) is 0 Å². The van der Waals surface area contributed by atoms with Gasteiger partial charge in [0.25, 0.3) is 5.91 Å². The van der Waals surface area contributed by atoms with Crippen LogP contribution in [0.2, 0.25) is 0 Å². The monoisotopic (exact) mass is 478 g/mol. The lowest BCUT2D eigenvalue weighted by Gasteiger charge is -2.26. The van der Waals surface area contributed by atoms with Crippen molar-refractivity contribution in [3.05, 3.63) is 45.6 Å². The molecule has 1 aromatic carbocycles. The normalized spacial score (nSPS) is 19.2. The summed E-state index contributed by atoms with van der Waals surface area (Å²) in [5, 5.41) is 2.60. The van der Waals surface area contributed by atoms with Gasteiger partial charge in [-0.3, -0.25) is 4.79 Å². The maximum Gasteiger partial charge on any atom is 0.348 e. The Labute approximate surface area is 191 Å². The lowest BCUT2D eigenvalue weighted by Crippen LogP contribution is -2.40. The Morgan fingerprint density at radius 2 is 2.03 bits per heavy atom. The van der Waals surface area contributed by atoms with Gasteiger partial charge in [-0.25, -0.2) is 13.2 Å². The van der Waals surface area contributed by atoms with Crippen molar-refractivity contribution in [2.24, 2.45) is 5.92 Å². The van der Waals surface area contributed by atoms with Crippen molar-refractivity contribution in [2.45, 2.75) is 31.1 Å². The molecule has 0 radical (unpaired) electrons. The number of nitrogens with one attached hydrogen (secondary N) is 1. The minimum Gasteiger partial charge on any atom is -0.451 e. The topological polar surface area (TPSA) is 102 Å². The Kier molecular flexibility index (Phi) is 6.94. The number of hydrogen-bond acceptors (Lipinski definition) is 7. The van der Waals surface area contributed by atoms with Gasteiger partial charge in [-0.1, -0.05) is 13.0 Å². The standard InChI is InChI=1S/C22H26N2O6S2/c1-15-5-6-19-16(11-15)12-20(31-19)22(26)30-14-21(25)23-17-3-2-4-18(13-17)32(27,28)24-7-9-29-10-8-24/h2-4,12-13,15H,5-11,14H2,1H3,(H,23,25). The third-order valence-electron chi connectivity index (χ3n) is 5.59. The largest absolute Gasteiger partial charge is 0.451 e. The quantitative estimate of drug-likeness (QED) is 0.641. The first-order chi connectivity index (χ1) is 15.3. The number of hydrogen-bond donors (Lipinski definition) is 1. The lowest BCUT2D eigenvalue weighted by atomic mass is 9.90. The molecule has 2 aromatic rings. The Hall–Kier alpha value is -2.27. The van der Waals surface area contributed by atoms with Gasteiger partial charge >= 0.3 is 5.97 Å². The van der Waals surface area contributed by atoms with Gasteiger partial charge in [0, 0.05) is 23.7 Å². The molecule has 0 bridgehead atoms. The SMILES string of the molecule is CC1CCc2sc(C(=O)OCC(=O)Nc3cccc(S(=O)(=O)N4CCOCC4)c3)cc2C1. The number of aryl methyl sites for hydroxylation is 1. The summed E-state index contributed by atoms with van der Waals surface area (Å²) >= 11 is 1.43. The summed E-state index contributed by atoms with van der Waals surface area (Å²) in [6.07, 6.45) is 3.05. The number of benzene rings is 1. The van der Waals surface area contributed by atoms with Crippen LogP contribution in [0.15, 0.2) is 35.2 Å². The summed E-state index contributed by atoms with van der Waals surface area (Å²) in [7, 11) is -3.67. The Morgan fingerprint density at radius 1 is 1.25 bits per heavy atom. The van der Waals surface area contributed by atoms with Crippen molar-refractivity contribution < 1.29 is 27.5 Å². The summed E-state index contributed by atoms with van der Waals surface area (Å²) in [4.78, 5) is 26.5. The maximum absolute atomic E-state index is 12.8. The van der Waals surface area contributed by atoms with E-state index in [0.717, 1.165) is 19.3 Å². The molecule has 8 nitrogen and oxygen atoms in total. The summed E-state index contributed by atoms with van der Waals surface area (Å²) in [5.74, 6) is -0.445. The highest BCUT2D eigenvalue weighted by molar-refractivity contribution is 7.89. The number of ether oxygens (including phenoxy) is 2. The van der Waals surface area contributed by atoms with Crippen LogP contribution in [0, 0.1) is 5.92 Å². The molecule has 0 saturated carbocycles. The Bertz CT molecular complexity index is 1110.